The lowest BCUT2D eigenvalue weighted by Gasteiger charge is -2.15. The Kier molecular flexibility index (Phi) is 7.28. The summed E-state index contributed by atoms with van der Waals surface area (Å²) in [6.45, 7) is -0.238. The van der Waals surface area contributed by atoms with Crippen molar-refractivity contribution in [3.63, 3.8) is 0 Å². The quantitative estimate of drug-likeness (QED) is 0.532. The number of carbonyl (C=O) groups excluding carboxylic acids is 3. The molecule has 0 spiro atoms. The lowest BCUT2D eigenvalue weighted by atomic mass is 10.0. The van der Waals surface area contributed by atoms with E-state index in [0.717, 1.165) is 22.1 Å². The van der Waals surface area contributed by atoms with E-state index in [2.05, 4.69) is 20.7 Å². The molecule has 9 nitrogen and oxygen atoms in total. The molecule has 0 saturated carbocycles. The molecule has 2 aromatic carbocycles. The largest absolute Gasteiger partial charge is 0.368 e. The van der Waals surface area contributed by atoms with E-state index in [4.69, 9.17) is 5.73 Å². The van der Waals surface area contributed by atoms with Gasteiger partial charge in [-0.3, -0.25) is 19.7 Å². The molecule has 3 N–H and O–H groups in total. The molecule has 0 unspecified atom stereocenters. The highest BCUT2D eigenvalue weighted by Crippen LogP contribution is 2.20. The first kappa shape index (κ1) is 21.2. The van der Waals surface area contributed by atoms with Gasteiger partial charge in [-0.1, -0.05) is 77.5 Å². The number of rotatable bonds is 9. The van der Waals surface area contributed by atoms with Crippen molar-refractivity contribution < 1.29 is 14.4 Å². The second-order valence-electron chi connectivity index (χ2n) is 6.45. The summed E-state index contributed by atoms with van der Waals surface area (Å²) in [6.07, 6.45) is 0.442. The molecule has 1 heterocycles. The van der Waals surface area contributed by atoms with Gasteiger partial charge in [0.05, 0.1) is 5.92 Å². The Bertz CT molecular complexity index is 1010. The van der Waals surface area contributed by atoms with Crippen LogP contribution >= 0.6 is 11.8 Å². The molecule has 0 aliphatic heterocycles. The van der Waals surface area contributed by atoms with Crippen LogP contribution in [-0.2, 0) is 22.6 Å². The molecule has 0 aliphatic carbocycles. The molecule has 154 valence electrons. The van der Waals surface area contributed by atoms with Crippen LogP contribution in [0.25, 0.3) is 0 Å². The van der Waals surface area contributed by atoms with Gasteiger partial charge in [0.2, 0.25) is 16.9 Å². The maximum absolute atomic E-state index is 12.9. The van der Waals surface area contributed by atoms with Crippen LogP contribution < -0.4 is 11.1 Å². The number of amides is 2. The Morgan fingerprint density at radius 3 is 2.37 bits per heavy atom. The summed E-state index contributed by atoms with van der Waals surface area (Å²) in [4.78, 5) is 37.2. The molecule has 0 aliphatic rings. The number of carbonyl (C=O) groups is 3. The number of hydrogen-bond donors (Lipinski definition) is 2. The third kappa shape index (κ3) is 6.24. The zero-order chi connectivity index (χ0) is 21.3. The van der Waals surface area contributed by atoms with E-state index in [-0.39, 0.29) is 29.3 Å². The molecule has 3 aromatic rings. The molecule has 0 bridgehead atoms. The maximum atomic E-state index is 12.9. The first-order chi connectivity index (χ1) is 14.5. The highest BCUT2D eigenvalue weighted by molar-refractivity contribution is 8.14. The van der Waals surface area contributed by atoms with Gasteiger partial charge in [0, 0.05) is 11.3 Å². The predicted octanol–water partition coefficient (Wildman–Crippen LogP) is 1.53. The molecule has 0 saturated heterocycles. The SMILES string of the molecule is NC(=O)Cn1nnc(NC(=O)[C@@H](CSC(=O)c2ccccc2)Cc2ccccc2)n1. The van der Waals surface area contributed by atoms with Crippen LogP contribution in [-0.4, -0.2) is 42.9 Å². The van der Waals surface area contributed by atoms with Gasteiger partial charge in [-0.25, -0.2) is 0 Å². The minimum absolute atomic E-state index is 0.0290. The molecule has 30 heavy (non-hydrogen) atoms. The fourth-order valence-electron chi connectivity index (χ4n) is 2.67. The summed E-state index contributed by atoms with van der Waals surface area (Å²) >= 11 is 1.09. The lowest BCUT2D eigenvalue weighted by molar-refractivity contribution is -0.119. The van der Waals surface area contributed by atoms with E-state index in [1.807, 2.05) is 36.4 Å². The maximum Gasteiger partial charge on any atom is 0.270 e. The first-order valence-corrected chi connectivity index (χ1v) is 10.1. The van der Waals surface area contributed by atoms with Crippen molar-refractivity contribution in [1.82, 2.24) is 20.2 Å². The molecule has 0 fully saturated rings. The van der Waals surface area contributed by atoms with Crippen LogP contribution in [0.15, 0.2) is 60.7 Å². The predicted molar refractivity (Wildman–Crippen MR) is 113 cm³/mol. The summed E-state index contributed by atoms with van der Waals surface area (Å²) in [5.41, 5.74) is 6.64. The molecule has 0 radical (unpaired) electrons. The Balaban J connectivity index is 1.68. The van der Waals surface area contributed by atoms with Gasteiger partial charge in [0.15, 0.2) is 0 Å². The zero-order valence-electron chi connectivity index (χ0n) is 16.0. The van der Waals surface area contributed by atoms with Gasteiger partial charge in [0.1, 0.15) is 6.54 Å². The lowest BCUT2D eigenvalue weighted by Crippen LogP contribution is -2.28. The van der Waals surface area contributed by atoms with E-state index in [9.17, 15) is 14.4 Å². The van der Waals surface area contributed by atoms with Crippen molar-refractivity contribution in [3.05, 3.63) is 71.8 Å². The summed E-state index contributed by atoms with van der Waals surface area (Å²) in [5.74, 6) is -1.22. The van der Waals surface area contributed by atoms with Gasteiger partial charge >= 0.3 is 0 Å². The molecule has 1 aromatic heterocycles. The number of thioether (sulfide) groups is 1. The van der Waals surface area contributed by atoms with Gasteiger partial charge in [-0.15, -0.1) is 5.10 Å². The molecule has 3 rings (SSSR count). The standard InChI is InChI=1S/C20H20N6O3S/c21-17(27)12-26-24-20(23-25-26)22-18(28)16(11-14-7-3-1-4-8-14)13-30-19(29)15-9-5-2-6-10-15/h1-10,16H,11-13H2,(H2,21,27)(H,22,24,28)/t16-/m1/s1. The molecule has 1 atom stereocenters. The molecular formula is C20H20N6O3S. The minimum Gasteiger partial charge on any atom is -0.368 e. The first-order valence-electron chi connectivity index (χ1n) is 9.14. The Labute approximate surface area is 177 Å². The number of primary amides is 1. The molecular weight excluding hydrogens is 404 g/mol. The van der Waals surface area contributed by atoms with Crippen LogP contribution in [0.3, 0.4) is 0 Å². The monoisotopic (exact) mass is 424 g/mol. The van der Waals surface area contributed by atoms with Crippen molar-refractivity contribution in [2.75, 3.05) is 11.1 Å². The number of anilines is 1. The normalized spacial score (nSPS) is 11.6. The van der Waals surface area contributed by atoms with E-state index < -0.39 is 11.8 Å². The number of nitrogens with zero attached hydrogens (tertiary/aromatic N) is 4. The van der Waals surface area contributed by atoms with Gasteiger partial charge < -0.3 is 5.73 Å². The van der Waals surface area contributed by atoms with Gasteiger partial charge in [0.25, 0.3) is 5.95 Å². The fraction of sp³-hybridized carbons (Fsp3) is 0.200. The summed E-state index contributed by atoms with van der Waals surface area (Å²) < 4.78 is 0. The second-order valence-corrected chi connectivity index (χ2v) is 7.44. The van der Waals surface area contributed by atoms with Crippen molar-refractivity contribution in [1.29, 1.82) is 0 Å². The van der Waals surface area contributed by atoms with Crippen LogP contribution in [0.1, 0.15) is 15.9 Å². The number of tetrazole rings is 1. The van der Waals surface area contributed by atoms with Crippen molar-refractivity contribution in [3.8, 4) is 0 Å². The van der Waals surface area contributed by atoms with E-state index in [1.54, 1.807) is 24.3 Å². The van der Waals surface area contributed by atoms with Crippen molar-refractivity contribution >= 4 is 34.6 Å². The summed E-state index contributed by atoms with van der Waals surface area (Å²) in [5, 5.41) is 13.8. The number of benzene rings is 2. The van der Waals surface area contributed by atoms with E-state index in [0.29, 0.717) is 12.0 Å². The van der Waals surface area contributed by atoms with Gasteiger partial charge in [-0.2, -0.15) is 4.80 Å². The number of nitrogens with one attached hydrogen (secondary N) is 1. The summed E-state index contributed by atoms with van der Waals surface area (Å²) in [7, 11) is 0. The average molecular weight is 424 g/mol. The summed E-state index contributed by atoms with van der Waals surface area (Å²) in [6, 6.07) is 18.4. The van der Waals surface area contributed by atoms with Gasteiger partial charge in [-0.05, 0) is 17.2 Å². The van der Waals surface area contributed by atoms with Crippen molar-refractivity contribution in [2.24, 2.45) is 11.7 Å². The molecule has 10 heteroatoms. The minimum atomic E-state index is -0.622. The highest BCUT2D eigenvalue weighted by atomic mass is 32.2. The Hall–Kier alpha value is -3.53. The smallest absolute Gasteiger partial charge is 0.270 e. The number of aromatic nitrogens is 4. The van der Waals surface area contributed by atoms with Crippen molar-refractivity contribution in [2.45, 2.75) is 13.0 Å². The van der Waals surface area contributed by atoms with Crippen LogP contribution in [0.4, 0.5) is 5.95 Å². The Morgan fingerprint density at radius 1 is 1.03 bits per heavy atom. The topological polar surface area (TPSA) is 133 Å². The van der Waals surface area contributed by atoms with Crippen LogP contribution in [0.5, 0.6) is 0 Å². The van der Waals surface area contributed by atoms with Crippen LogP contribution in [0, 0.1) is 5.92 Å². The zero-order valence-corrected chi connectivity index (χ0v) is 16.8. The fourth-order valence-corrected chi connectivity index (χ4v) is 3.60. The second kappa shape index (κ2) is 10.3. The van der Waals surface area contributed by atoms with E-state index in [1.165, 1.54) is 0 Å². The van der Waals surface area contributed by atoms with E-state index >= 15 is 0 Å². The average Bonchev–Trinajstić information content (AvgIpc) is 3.18. The van der Waals surface area contributed by atoms with Crippen LogP contribution in [0.2, 0.25) is 0 Å². The third-order valence-corrected chi connectivity index (χ3v) is 5.17. The number of hydrogen-bond acceptors (Lipinski definition) is 7. The Morgan fingerprint density at radius 2 is 1.70 bits per heavy atom. The highest BCUT2D eigenvalue weighted by Gasteiger charge is 2.23. The number of nitrogens with two attached hydrogens (primary N) is 1. The molecule has 2 amide bonds. The third-order valence-electron chi connectivity index (χ3n) is 4.11.